The number of anilines is 2. The highest BCUT2D eigenvalue weighted by Gasteiger charge is 2.08. The number of nitrogens with zero attached hydrogens (tertiary/aromatic N) is 1. The molecule has 0 fully saturated rings. The molecule has 0 saturated carbocycles. The Morgan fingerprint density at radius 1 is 1.41 bits per heavy atom. The molecule has 7 heteroatoms. The molecule has 1 rings (SSSR count). The predicted octanol–water partition coefficient (Wildman–Crippen LogP) is -0.689. The lowest BCUT2D eigenvalue weighted by Crippen LogP contribution is -2.30. The zero-order valence-electron chi connectivity index (χ0n) is 9.49. The van der Waals surface area contributed by atoms with Crippen molar-refractivity contribution in [2.45, 2.75) is 6.92 Å². The Kier molecular flexibility index (Phi) is 4.27. The van der Waals surface area contributed by atoms with Crippen molar-refractivity contribution in [3.63, 3.8) is 0 Å². The molecule has 92 valence electrons. The van der Waals surface area contributed by atoms with Crippen LogP contribution in [0.2, 0.25) is 0 Å². The molecule has 0 radical (unpaired) electrons. The zero-order valence-corrected chi connectivity index (χ0v) is 9.49. The second-order valence-corrected chi connectivity index (χ2v) is 3.31. The summed E-state index contributed by atoms with van der Waals surface area (Å²) < 4.78 is 0. The van der Waals surface area contributed by atoms with Crippen molar-refractivity contribution < 1.29 is 9.59 Å². The largest absolute Gasteiger partial charge is 0.396 e. The van der Waals surface area contributed by atoms with E-state index in [-0.39, 0.29) is 24.0 Å². The van der Waals surface area contributed by atoms with E-state index in [1.807, 2.05) is 6.92 Å². The van der Waals surface area contributed by atoms with E-state index in [1.54, 1.807) is 0 Å². The number of nitrogen functional groups attached to an aromatic ring is 1. The SMILES string of the molecule is CCNC(=O)CNc1nc(C(N)=O)ccc1N. The van der Waals surface area contributed by atoms with Crippen LogP contribution in [0.5, 0.6) is 0 Å². The van der Waals surface area contributed by atoms with Gasteiger partial charge in [0.2, 0.25) is 5.91 Å². The maximum absolute atomic E-state index is 11.2. The molecule has 0 aliphatic heterocycles. The predicted molar refractivity (Wildman–Crippen MR) is 64.3 cm³/mol. The summed E-state index contributed by atoms with van der Waals surface area (Å²) in [5, 5.41) is 5.35. The number of hydrogen-bond donors (Lipinski definition) is 4. The molecular weight excluding hydrogens is 222 g/mol. The van der Waals surface area contributed by atoms with E-state index in [0.29, 0.717) is 12.2 Å². The molecule has 0 saturated heterocycles. The van der Waals surface area contributed by atoms with Crippen LogP contribution in [0.3, 0.4) is 0 Å². The second-order valence-electron chi connectivity index (χ2n) is 3.31. The van der Waals surface area contributed by atoms with Gasteiger partial charge in [-0.15, -0.1) is 0 Å². The Bertz CT molecular complexity index is 433. The van der Waals surface area contributed by atoms with E-state index < -0.39 is 5.91 Å². The van der Waals surface area contributed by atoms with Crippen LogP contribution in [0.15, 0.2) is 12.1 Å². The molecule has 1 aromatic heterocycles. The molecule has 2 amide bonds. The average molecular weight is 237 g/mol. The number of primary amides is 1. The fourth-order valence-corrected chi connectivity index (χ4v) is 1.17. The third-order valence-electron chi connectivity index (χ3n) is 1.97. The third-order valence-corrected chi connectivity index (χ3v) is 1.97. The van der Waals surface area contributed by atoms with E-state index >= 15 is 0 Å². The summed E-state index contributed by atoms with van der Waals surface area (Å²) in [5.74, 6) is -0.559. The van der Waals surface area contributed by atoms with Gasteiger partial charge in [-0.25, -0.2) is 4.98 Å². The summed E-state index contributed by atoms with van der Waals surface area (Å²) >= 11 is 0. The first-order valence-corrected chi connectivity index (χ1v) is 5.11. The summed E-state index contributed by atoms with van der Waals surface area (Å²) in [4.78, 5) is 26.0. The number of nitrogens with one attached hydrogen (secondary N) is 2. The normalized spacial score (nSPS) is 9.71. The maximum Gasteiger partial charge on any atom is 0.267 e. The van der Waals surface area contributed by atoms with Crippen molar-refractivity contribution >= 4 is 23.3 Å². The molecule has 0 aliphatic carbocycles. The van der Waals surface area contributed by atoms with Gasteiger partial charge in [-0.1, -0.05) is 0 Å². The number of nitrogens with two attached hydrogens (primary N) is 2. The number of hydrogen-bond acceptors (Lipinski definition) is 5. The molecule has 0 atom stereocenters. The summed E-state index contributed by atoms with van der Waals surface area (Å²) in [6, 6.07) is 2.93. The van der Waals surface area contributed by atoms with Crippen molar-refractivity contribution in [1.29, 1.82) is 0 Å². The smallest absolute Gasteiger partial charge is 0.267 e. The lowest BCUT2D eigenvalue weighted by molar-refractivity contribution is -0.119. The van der Waals surface area contributed by atoms with Gasteiger partial charge in [0.25, 0.3) is 5.91 Å². The van der Waals surface area contributed by atoms with Gasteiger partial charge < -0.3 is 22.1 Å². The van der Waals surface area contributed by atoms with Crippen LogP contribution in [0, 0.1) is 0 Å². The van der Waals surface area contributed by atoms with Crippen molar-refractivity contribution in [3.8, 4) is 0 Å². The number of rotatable bonds is 5. The van der Waals surface area contributed by atoms with Crippen molar-refractivity contribution in [2.24, 2.45) is 5.73 Å². The Balaban J connectivity index is 2.73. The monoisotopic (exact) mass is 237 g/mol. The summed E-state index contributed by atoms with van der Waals surface area (Å²) in [6.07, 6.45) is 0. The number of pyridine rings is 1. The maximum atomic E-state index is 11.2. The quantitative estimate of drug-likeness (QED) is 0.539. The molecule has 7 nitrogen and oxygen atoms in total. The van der Waals surface area contributed by atoms with E-state index in [4.69, 9.17) is 11.5 Å². The fraction of sp³-hybridized carbons (Fsp3) is 0.300. The first-order chi connectivity index (χ1) is 8.04. The lowest BCUT2D eigenvalue weighted by Gasteiger charge is -2.08. The van der Waals surface area contributed by atoms with E-state index in [2.05, 4.69) is 15.6 Å². The minimum Gasteiger partial charge on any atom is -0.396 e. The standard InChI is InChI=1S/C10H15N5O2/c1-2-13-8(16)5-14-10-6(11)3-4-7(15-10)9(12)17/h3-4H,2,5,11H2,1H3,(H2,12,17)(H,13,16)(H,14,15). The van der Waals surface area contributed by atoms with Crippen molar-refractivity contribution in [2.75, 3.05) is 24.1 Å². The second kappa shape index (κ2) is 5.69. The van der Waals surface area contributed by atoms with Gasteiger partial charge in [-0.2, -0.15) is 0 Å². The van der Waals surface area contributed by atoms with Gasteiger partial charge >= 0.3 is 0 Å². The van der Waals surface area contributed by atoms with Gasteiger partial charge in [0.1, 0.15) is 5.69 Å². The molecule has 6 N–H and O–H groups in total. The van der Waals surface area contributed by atoms with E-state index in [1.165, 1.54) is 12.1 Å². The molecule has 1 heterocycles. The van der Waals surface area contributed by atoms with Crippen LogP contribution in [0.4, 0.5) is 11.5 Å². The Labute approximate surface area is 98.6 Å². The zero-order chi connectivity index (χ0) is 12.8. The minimum atomic E-state index is -0.647. The summed E-state index contributed by atoms with van der Waals surface area (Å²) in [6.45, 7) is 2.40. The average Bonchev–Trinajstić information content (AvgIpc) is 2.28. The third kappa shape index (κ3) is 3.63. The molecule has 0 bridgehead atoms. The molecule has 0 spiro atoms. The van der Waals surface area contributed by atoms with Crippen LogP contribution in [-0.4, -0.2) is 29.9 Å². The summed E-state index contributed by atoms with van der Waals surface area (Å²) in [7, 11) is 0. The van der Waals surface area contributed by atoms with Crippen LogP contribution >= 0.6 is 0 Å². The Morgan fingerprint density at radius 2 is 2.12 bits per heavy atom. The van der Waals surface area contributed by atoms with Crippen LogP contribution in [0.1, 0.15) is 17.4 Å². The number of carbonyl (C=O) groups excluding carboxylic acids is 2. The fourth-order valence-electron chi connectivity index (χ4n) is 1.17. The molecular formula is C10H15N5O2. The van der Waals surface area contributed by atoms with Gasteiger partial charge in [0.15, 0.2) is 5.82 Å². The van der Waals surface area contributed by atoms with Gasteiger partial charge in [0.05, 0.1) is 12.2 Å². The highest BCUT2D eigenvalue weighted by atomic mass is 16.2. The van der Waals surface area contributed by atoms with Gasteiger partial charge in [-0.05, 0) is 19.1 Å². The van der Waals surface area contributed by atoms with E-state index in [9.17, 15) is 9.59 Å². The molecule has 0 unspecified atom stereocenters. The number of amides is 2. The molecule has 1 aromatic rings. The van der Waals surface area contributed by atoms with Gasteiger partial charge in [-0.3, -0.25) is 9.59 Å². The van der Waals surface area contributed by atoms with Crippen LogP contribution in [0.25, 0.3) is 0 Å². The van der Waals surface area contributed by atoms with Crippen molar-refractivity contribution in [3.05, 3.63) is 17.8 Å². The molecule has 17 heavy (non-hydrogen) atoms. The highest BCUT2D eigenvalue weighted by Crippen LogP contribution is 2.14. The summed E-state index contributed by atoms with van der Waals surface area (Å²) in [5.41, 5.74) is 11.2. The van der Waals surface area contributed by atoms with E-state index in [0.717, 1.165) is 0 Å². The Hall–Kier alpha value is -2.31. The molecule has 0 aromatic carbocycles. The Morgan fingerprint density at radius 3 is 2.71 bits per heavy atom. The van der Waals surface area contributed by atoms with Crippen molar-refractivity contribution in [1.82, 2.24) is 10.3 Å². The first-order valence-electron chi connectivity index (χ1n) is 5.11. The lowest BCUT2D eigenvalue weighted by atomic mass is 10.3. The van der Waals surface area contributed by atoms with Crippen LogP contribution in [-0.2, 0) is 4.79 Å². The minimum absolute atomic E-state index is 0.0350. The first kappa shape index (κ1) is 12.8. The molecule has 0 aliphatic rings. The number of likely N-dealkylation sites (N-methyl/N-ethyl adjacent to an activating group) is 1. The van der Waals surface area contributed by atoms with Crippen LogP contribution < -0.4 is 22.1 Å². The highest BCUT2D eigenvalue weighted by molar-refractivity contribution is 5.92. The number of aromatic nitrogens is 1. The topological polar surface area (TPSA) is 123 Å². The number of carbonyl (C=O) groups is 2. The van der Waals surface area contributed by atoms with Gasteiger partial charge in [0, 0.05) is 6.54 Å².